The summed E-state index contributed by atoms with van der Waals surface area (Å²) in [5, 5.41) is 7.85. The number of thioether (sulfide) groups is 1. The molecule has 0 fully saturated rings. The Bertz CT molecular complexity index is 1370. The van der Waals surface area contributed by atoms with Crippen LogP contribution in [0.5, 0.6) is 0 Å². The Balaban J connectivity index is 0.000000788. The number of unbranched alkanes of at least 4 members (excludes halogenated alkanes) is 1. The van der Waals surface area contributed by atoms with Gasteiger partial charge in [-0.2, -0.15) is 5.10 Å². The minimum atomic E-state index is 0.712. The number of H-pyrrole nitrogens is 1. The molecule has 42 heavy (non-hydrogen) atoms. The van der Waals surface area contributed by atoms with Crippen molar-refractivity contribution in [1.82, 2.24) is 24.7 Å². The van der Waals surface area contributed by atoms with Crippen molar-refractivity contribution in [3.05, 3.63) is 78.4 Å². The van der Waals surface area contributed by atoms with Crippen molar-refractivity contribution in [3.63, 3.8) is 0 Å². The summed E-state index contributed by atoms with van der Waals surface area (Å²) in [6, 6.07) is 12.4. The molecular weight excluding hydrogens is 540 g/mol. The molecule has 5 aromatic rings. The van der Waals surface area contributed by atoms with Crippen LogP contribution >= 0.6 is 11.8 Å². The number of hydrogen-bond donors (Lipinski definition) is 2. The first-order valence-corrected chi connectivity index (χ1v) is 16.6. The van der Waals surface area contributed by atoms with Crippen LogP contribution in [-0.4, -0.2) is 31.0 Å². The molecule has 0 saturated heterocycles. The number of nitrogens with one attached hydrogen (secondary N) is 2. The molecule has 4 aromatic heterocycles. The Morgan fingerprint density at radius 1 is 0.952 bits per heavy atom. The maximum atomic E-state index is 5.42. The molecule has 1 aromatic carbocycles. The minimum Gasteiger partial charge on any atom is -0.469 e. The van der Waals surface area contributed by atoms with Crippen LogP contribution in [0.25, 0.3) is 22.3 Å². The summed E-state index contributed by atoms with van der Waals surface area (Å²) >= 11 is 1.75. The quantitative estimate of drug-likeness (QED) is 0.166. The molecule has 0 saturated carbocycles. The number of nitrogens with zero attached hydrogens (tertiary/aromatic N) is 4. The van der Waals surface area contributed by atoms with E-state index in [9.17, 15) is 0 Å². The topological polar surface area (TPSA) is 84.6 Å². The van der Waals surface area contributed by atoms with E-state index in [0.29, 0.717) is 6.54 Å². The van der Waals surface area contributed by atoms with Crippen molar-refractivity contribution in [2.45, 2.75) is 92.5 Å². The number of aryl methyl sites for hydroxylation is 3. The van der Waals surface area contributed by atoms with Crippen molar-refractivity contribution in [2.24, 2.45) is 7.05 Å². The fraction of sp³-hybridized carbons (Fsp3) is 0.441. The number of pyridine rings is 1. The van der Waals surface area contributed by atoms with Gasteiger partial charge in [0.25, 0.3) is 0 Å². The van der Waals surface area contributed by atoms with Crippen LogP contribution in [0.15, 0.2) is 70.6 Å². The second kappa shape index (κ2) is 21.2. The summed E-state index contributed by atoms with van der Waals surface area (Å²) in [5.41, 5.74) is 6.19. The molecule has 0 spiro atoms. The van der Waals surface area contributed by atoms with Gasteiger partial charge >= 0.3 is 0 Å². The van der Waals surface area contributed by atoms with Crippen molar-refractivity contribution >= 4 is 28.6 Å². The van der Waals surface area contributed by atoms with Gasteiger partial charge in [-0.3, -0.25) is 4.68 Å². The van der Waals surface area contributed by atoms with Gasteiger partial charge in [0.05, 0.1) is 18.1 Å². The van der Waals surface area contributed by atoms with E-state index >= 15 is 0 Å². The van der Waals surface area contributed by atoms with E-state index in [4.69, 9.17) is 4.42 Å². The predicted octanol–water partition coefficient (Wildman–Crippen LogP) is 9.96. The average Bonchev–Trinajstić information content (AvgIpc) is 3.83. The second-order valence-corrected chi connectivity index (χ2v) is 9.45. The summed E-state index contributed by atoms with van der Waals surface area (Å²) in [6.07, 6.45) is 13.7. The SMILES string of the molecule is CC.CC.CC.CCCC.CSc1cc(-c2cnn(C)c2)ccc1CNc1ccnc2nc(CCc3ccco3)[nH]c12. The first-order valence-electron chi connectivity index (χ1n) is 15.4. The van der Waals surface area contributed by atoms with Gasteiger partial charge in [-0.1, -0.05) is 80.4 Å². The Kier molecular flexibility index (Phi) is 18.4. The Morgan fingerprint density at radius 3 is 2.29 bits per heavy atom. The number of benzene rings is 1. The highest BCUT2D eigenvalue weighted by molar-refractivity contribution is 7.98. The number of anilines is 1. The van der Waals surface area contributed by atoms with Crippen molar-refractivity contribution in [3.8, 4) is 11.1 Å². The molecule has 230 valence electrons. The van der Waals surface area contributed by atoms with E-state index in [0.717, 1.165) is 46.8 Å². The third kappa shape index (κ3) is 11.0. The average molecular weight is 593 g/mol. The summed E-state index contributed by atoms with van der Waals surface area (Å²) < 4.78 is 7.25. The molecule has 0 aliphatic carbocycles. The minimum absolute atomic E-state index is 0.712. The van der Waals surface area contributed by atoms with Gasteiger partial charge in [0.15, 0.2) is 5.65 Å². The fourth-order valence-electron chi connectivity index (χ4n) is 3.75. The first kappa shape index (κ1) is 36.5. The summed E-state index contributed by atoms with van der Waals surface area (Å²) in [4.78, 5) is 13.7. The number of aromatic amines is 1. The highest BCUT2D eigenvalue weighted by atomic mass is 32.2. The molecule has 0 unspecified atom stereocenters. The lowest BCUT2D eigenvalue weighted by molar-refractivity contribution is 0.507. The molecule has 0 radical (unpaired) electrons. The van der Waals surface area contributed by atoms with Gasteiger partial charge in [0.2, 0.25) is 0 Å². The van der Waals surface area contributed by atoms with Gasteiger partial charge in [0, 0.05) is 49.3 Å². The summed E-state index contributed by atoms with van der Waals surface area (Å²) in [5.74, 6) is 1.86. The molecule has 0 amide bonds. The van der Waals surface area contributed by atoms with Gasteiger partial charge < -0.3 is 14.7 Å². The van der Waals surface area contributed by atoms with Crippen molar-refractivity contribution in [2.75, 3.05) is 11.6 Å². The third-order valence-electron chi connectivity index (χ3n) is 5.92. The lowest BCUT2D eigenvalue weighted by Crippen LogP contribution is -2.02. The van der Waals surface area contributed by atoms with Crippen LogP contribution in [-0.2, 0) is 26.4 Å². The van der Waals surface area contributed by atoms with E-state index in [1.807, 2.05) is 83.9 Å². The zero-order valence-corrected chi connectivity index (χ0v) is 28.2. The first-order chi connectivity index (χ1) is 20.6. The van der Waals surface area contributed by atoms with Crippen molar-refractivity contribution in [1.29, 1.82) is 0 Å². The van der Waals surface area contributed by atoms with Crippen LogP contribution in [0.1, 0.15) is 85.4 Å². The number of hydrogen-bond acceptors (Lipinski definition) is 6. The number of fused-ring (bicyclic) bond motifs is 1. The van der Waals surface area contributed by atoms with Gasteiger partial charge in [0.1, 0.15) is 17.1 Å². The zero-order valence-electron chi connectivity index (χ0n) is 27.4. The van der Waals surface area contributed by atoms with E-state index in [2.05, 4.69) is 63.7 Å². The number of imidazole rings is 1. The van der Waals surface area contributed by atoms with Crippen LogP contribution in [0, 0.1) is 0 Å². The number of aromatic nitrogens is 5. The Morgan fingerprint density at radius 2 is 1.69 bits per heavy atom. The molecular formula is C34H52N6OS. The molecule has 8 heteroatoms. The van der Waals surface area contributed by atoms with E-state index in [1.54, 1.807) is 24.2 Å². The maximum absolute atomic E-state index is 5.42. The molecule has 5 rings (SSSR count). The number of furan rings is 1. The summed E-state index contributed by atoms with van der Waals surface area (Å²) in [6.45, 7) is 17.1. The van der Waals surface area contributed by atoms with E-state index in [-0.39, 0.29) is 0 Å². The lowest BCUT2D eigenvalue weighted by atomic mass is 10.1. The Labute approximate surface area is 258 Å². The lowest BCUT2D eigenvalue weighted by Gasteiger charge is -2.12. The van der Waals surface area contributed by atoms with Crippen LogP contribution in [0.2, 0.25) is 0 Å². The van der Waals surface area contributed by atoms with Gasteiger partial charge in [-0.15, -0.1) is 11.8 Å². The molecule has 7 nitrogen and oxygen atoms in total. The number of rotatable bonds is 9. The van der Waals surface area contributed by atoms with Crippen LogP contribution in [0.3, 0.4) is 0 Å². The molecule has 0 atom stereocenters. The standard InChI is InChI=1S/C24H24N6OS.C4H10.3C2H6/c1-30-15-18(14-27-30)16-5-6-17(21(12-16)32-2)13-26-20-9-10-25-24-23(20)28-22(29-24)8-7-19-4-3-11-31-19;1-3-4-2;3*1-2/h3-6,9-12,14-15H,7-8,13H2,1-2H3,(H2,25,26,28,29);3-4H2,1-2H3;3*1-2H3. The monoisotopic (exact) mass is 592 g/mol. The van der Waals surface area contributed by atoms with E-state index < -0.39 is 0 Å². The predicted molar refractivity (Wildman–Crippen MR) is 182 cm³/mol. The van der Waals surface area contributed by atoms with Crippen LogP contribution in [0.4, 0.5) is 5.69 Å². The highest BCUT2D eigenvalue weighted by Gasteiger charge is 2.11. The normalized spacial score (nSPS) is 9.76. The zero-order chi connectivity index (χ0) is 31.3. The summed E-state index contributed by atoms with van der Waals surface area (Å²) in [7, 11) is 1.94. The molecule has 4 heterocycles. The fourth-order valence-corrected chi connectivity index (χ4v) is 4.40. The smallest absolute Gasteiger partial charge is 0.179 e. The third-order valence-corrected chi connectivity index (χ3v) is 6.74. The van der Waals surface area contributed by atoms with E-state index in [1.165, 1.54) is 28.9 Å². The van der Waals surface area contributed by atoms with Gasteiger partial charge in [-0.25, -0.2) is 9.97 Å². The highest BCUT2D eigenvalue weighted by Crippen LogP contribution is 2.29. The van der Waals surface area contributed by atoms with Gasteiger partial charge in [-0.05, 0) is 41.6 Å². The van der Waals surface area contributed by atoms with Crippen LogP contribution < -0.4 is 5.32 Å². The molecule has 0 aliphatic heterocycles. The maximum Gasteiger partial charge on any atom is 0.179 e. The second-order valence-electron chi connectivity index (χ2n) is 8.60. The Hall–Kier alpha value is -3.52. The van der Waals surface area contributed by atoms with Crippen molar-refractivity contribution < 1.29 is 4.42 Å². The molecule has 0 aliphatic rings. The molecule has 0 bridgehead atoms. The largest absolute Gasteiger partial charge is 0.469 e. The molecule has 2 N–H and O–H groups in total.